The number of nitrogens with one attached hydrogen (secondary N) is 1. The zero-order chi connectivity index (χ0) is 22.0. The van der Waals surface area contributed by atoms with Gasteiger partial charge in [0.05, 0.1) is 12.6 Å². The molecule has 174 valence electrons. The molecule has 8 nitrogen and oxygen atoms in total. The third-order valence-electron chi connectivity index (χ3n) is 6.29. The van der Waals surface area contributed by atoms with Crippen LogP contribution in [0.1, 0.15) is 37.6 Å². The fourth-order valence-electron chi connectivity index (χ4n) is 4.39. The maximum atomic E-state index is 5.91. The van der Waals surface area contributed by atoms with E-state index in [2.05, 4.69) is 67.1 Å². The van der Waals surface area contributed by atoms with Gasteiger partial charge >= 0.3 is 0 Å². The Kier molecular flexibility index (Phi) is 8.50. The number of aryl methyl sites for hydroxylation is 1. The van der Waals surface area contributed by atoms with E-state index >= 15 is 0 Å². The lowest BCUT2D eigenvalue weighted by atomic mass is 10.1. The van der Waals surface area contributed by atoms with Crippen molar-refractivity contribution in [1.29, 1.82) is 0 Å². The van der Waals surface area contributed by atoms with E-state index in [4.69, 9.17) is 9.73 Å². The Morgan fingerprint density at radius 3 is 2.75 bits per heavy atom. The van der Waals surface area contributed by atoms with Gasteiger partial charge in [-0.25, -0.2) is 0 Å². The summed E-state index contributed by atoms with van der Waals surface area (Å²) in [5, 5.41) is 11.8. The predicted octanol–water partition coefficient (Wildman–Crippen LogP) is 2.17. The van der Waals surface area contributed by atoms with E-state index in [0.717, 1.165) is 83.6 Å². The Labute approximate surface area is 191 Å². The van der Waals surface area contributed by atoms with Crippen LogP contribution in [0.25, 0.3) is 0 Å². The molecule has 2 aliphatic heterocycles. The number of hydrogen-bond acceptors (Lipinski definition) is 5. The monoisotopic (exact) mass is 439 g/mol. The molecule has 1 aromatic carbocycles. The maximum Gasteiger partial charge on any atom is 0.194 e. The second-order valence-corrected chi connectivity index (χ2v) is 8.62. The van der Waals surface area contributed by atoms with Crippen molar-refractivity contribution in [3.63, 3.8) is 0 Å². The van der Waals surface area contributed by atoms with Crippen molar-refractivity contribution in [2.75, 3.05) is 45.9 Å². The van der Waals surface area contributed by atoms with Crippen LogP contribution in [0.2, 0.25) is 0 Å². The van der Waals surface area contributed by atoms with Crippen LogP contribution in [0.5, 0.6) is 0 Å². The molecule has 1 atom stereocenters. The Balaban J connectivity index is 1.32. The van der Waals surface area contributed by atoms with Crippen LogP contribution in [-0.2, 0) is 24.2 Å². The van der Waals surface area contributed by atoms with Crippen LogP contribution >= 0.6 is 0 Å². The molecule has 1 N–H and O–H groups in total. The lowest BCUT2D eigenvalue weighted by molar-refractivity contribution is 0.0222. The van der Waals surface area contributed by atoms with Gasteiger partial charge in [0.15, 0.2) is 5.96 Å². The van der Waals surface area contributed by atoms with E-state index in [9.17, 15) is 0 Å². The summed E-state index contributed by atoms with van der Waals surface area (Å²) < 4.78 is 8.03. The van der Waals surface area contributed by atoms with Crippen molar-refractivity contribution >= 4 is 5.96 Å². The van der Waals surface area contributed by atoms with E-state index in [-0.39, 0.29) is 6.10 Å². The quantitative estimate of drug-likeness (QED) is 0.502. The molecule has 2 aliphatic rings. The summed E-state index contributed by atoms with van der Waals surface area (Å²) >= 11 is 0. The van der Waals surface area contributed by atoms with Crippen LogP contribution in [-0.4, -0.2) is 82.5 Å². The molecule has 1 unspecified atom stereocenters. The fourth-order valence-corrected chi connectivity index (χ4v) is 4.39. The molecule has 0 saturated carbocycles. The third-order valence-corrected chi connectivity index (χ3v) is 6.29. The molecule has 2 saturated heterocycles. The van der Waals surface area contributed by atoms with Gasteiger partial charge in [0.2, 0.25) is 0 Å². The van der Waals surface area contributed by atoms with Gasteiger partial charge in [-0.3, -0.25) is 9.89 Å². The number of ether oxygens (including phenoxy) is 1. The number of benzene rings is 1. The number of rotatable bonds is 8. The highest BCUT2D eigenvalue weighted by Crippen LogP contribution is 2.13. The second kappa shape index (κ2) is 12.0. The SMILES string of the molecule is CCc1nncn1CCNC(=NCC1CCCCO1)N1CCN(Cc2ccccc2)CC1. The van der Waals surface area contributed by atoms with Crippen LogP contribution in [0, 0.1) is 0 Å². The molecule has 0 bridgehead atoms. The summed E-state index contributed by atoms with van der Waals surface area (Å²) in [6, 6.07) is 10.7. The third kappa shape index (κ3) is 6.53. The molecular formula is C24H37N7O. The van der Waals surface area contributed by atoms with Gasteiger partial charge in [-0.05, 0) is 24.8 Å². The van der Waals surface area contributed by atoms with Gasteiger partial charge in [-0.2, -0.15) is 0 Å². The van der Waals surface area contributed by atoms with Crippen LogP contribution < -0.4 is 5.32 Å². The molecule has 1 aromatic heterocycles. The average molecular weight is 440 g/mol. The Bertz CT molecular complexity index is 824. The molecular weight excluding hydrogens is 402 g/mol. The average Bonchev–Trinajstić information content (AvgIpc) is 3.31. The summed E-state index contributed by atoms with van der Waals surface area (Å²) in [4.78, 5) is 9.92. The van der Waals surface area contributed by atoms with E-state index < -0.39 is 0 Å². The zero-order valence-electron chi connectivity index (χ0n) is 19.3. The van der Waals surface area contributed by atoms with E-state index in [1.807, 2.05) is 6.33 Å². The summed E-state index contributed by atoms with van der Waals surface area (Å²) in [5.74, 6) is 2.03. The molecule has 2 fully saturated rings. The Hall–Kier alpha value is -2.45. The standard InChI is InChI=1S/C24H37N7O/c1-2-23-28-27-20-31(23)12-11-25-24(26-18-22-10-6-7-17-32-22)30-15-13-29(14-16-30)19-21-8-4-3-5-9-21/h3-5,8-9,20,22H,2,6-7,10-19H2,1H3,(H,25,26). The minimum absolute atomic E-state index is 0.254. The number of aromatic nitrogens is 3. The van der Waals surface area contributed by atoms with Gasteiger partial charge in [-0.1, -0.05) is 37.3 Å². The minimum Gasteiger partial charge on any atom is -0.376 e. The highest BCUT2D eigenvalue weighted by atomic mass is 16.5. The molecule has 0 aliphatic carbocycles. The zero-order valence-corrected chi connectivity index (χ0v) is 19.3. The normalized spacial score (nSPS) is 20.5. The molecule has 0 radical (unpaired) electrons. The molecule has 2 aromatic rings. The van der Waals surface area contributed by atoms with Crippen molar-refractivity contribution in [2.45, 2.75) is 51.8 Å². The first kappa shape index (κ1) is 22.7. The van der Waals surface area contributed by atoms with Crippen molar-refractivity contribution < 1.29 is 4.74 Å². The smallest absolute Gasteiger partial charge is 0.194 e. The molecule has 4 rings (SSSR count). The van der Waals surface area contributed by atoms with Crippen molar-refractivity contribution in [3.8, 4) is 0 Å². The van der Waals surface area contributed by atoms with Gasteiger partial charge in [0.25, 0.3) is 0 Å². The molecule has 32 heavy (non-hydrogen) atoms. The summed E-state index contributed by atoms with van der Waals surface area (Å²) in [6.07, 6.45) is 6.49. The van der Waals surface area contributed by atoms with Crippen LogP contribution in [0.4, 0.5) is 0 Å². The maximum absolute atomic E-state index is 5.91. The van der Waals surface area contributed by atoms with Gasteiger partial charge in [0, 0.05) is 58.8 Å². The topological polar surface area (TPSA) is 70.8 Å². The number of nitrogens with zero attached hydrogens (tertiary/aromatic N) is 6. The number of piperazine rings is 1. The Morgan fingerprint density at radius 2 is 2.00 bits per heavy atom. The van der Waals surface area contributed by atoms with Gasteiger partial charge in [-0.15, -0.1) is 10.2 Å². The van der Waals surface area contributed by atoms with Gasteiger partial charge in [0.1, 0.15) is 12.2 Å². The number of hydrogen-bond donors (Lipinski definition) is 1. The van der Waals surface area contributed by atoms with Crippen LogP contribution in [0.3, 0.4) is 0 Å². The molecule has 0 spiro atoms. The van der Waals surface area contributed by atoms with E-state index in [0.29, 0.717) is 0 Å². The first-order chi connectivity index (χ1) is 15.8. The molecule has 8 heteroatoms. The van der Waals surface area contributed by atoms with Crippen molar-refractivity contribution in [2.24, 2.45) is 4.99 Å². The summed E-state index contributed by atoms with van der Waals surface area (Å²) in [7, 11) is 0. The first-order valence-corrected chi connectivity index (χ1v) is 12.1. The Morgan fingerprint density at radius 1 is 1.16 bits per heavy atom. The lowest BCUT2D eigenvalue weighted by Gasteiger charge is -2.37. The second-order valence-electron chi connectivity index (χ2n) is 8.62. The van der Waals surface area contributed by atoms with Crippen LogP contribution in [0.15, 0.2) is 41.7 Å². The number of guanidine groups is 1. The molecule has 0 amide bonds. The van der Waals surface area contributed by atoms with E-state index in [1.54, 1.807) is 0 Å². The van der Waals surface area contributed by atoms with Crippen molar-refractivity contribution in [3.05, 3.63) is 48.0 Å². The first-order valence-electron chi connectivity index (χ1n) is 12.1. The van der Waals surface area contributed by atoms with Crippen molar-refractivity contribution in [1.82, 2.24) is 29.9 Å². The highest BCUT2D eigenvalue weighted by molar-refractivity contribution is 5.80. The number of aliphatic imine (C=N–C) groups is 1. The molecule has 3 heterocycles. The minimum atomic E-state index is 0.254. The highest BCUT2D eigenvalue weighted by Gasteiger charge is 2.21. The fraction of sp³-hybridized carbons (Fsp3) is 0.625. The van der Waals surface area contributed by atoms with E-state index in [1.165, 1.54) is 18.4 Å². The predicted molar refractivity (Wildman–Crippen MR) is 127 cm³/mol. The summed E-state index contributed by atoms with van der Waals surface area (Å²) in [6.45, 7) is 10.4. The summed E-state index contributed by atoms with van der Waals surface area (Å²) in [5.41, 5.74) is 1.38. The van der Waals surface area contributed by atoms with Gasteiger partial charge < -0.3 is 19.5 Å². The lowest BCUT2D eigenvalue weighted by Crippen LogP contribution is -2.52. The largest absolute Gasteiger partial charge is 0.376 e.